The number of unbranched alkanes of at least 4 members (excludes halogenated alkanes) is 3. The highest BCUT2D eigenvalue weighted by Gasteiger charge is 2.38. The third kappa shape index (κ3) is 15.6. The van der Waals surface area contributed by atoms with E-state index in [0.717, 1.165) is 6.42 Å². The van der Waals surface area contributed by atoms with E-state index in [1.807, 2.05) is 0 Å². The molecule has 3 N–H and O–H groups in total. The number of alkyl halides is 3. The Kier molecular flexibility index (Phi) is 10.3. The summed E-state index contributed by atoms with van der Waals surface area (Å²) in [5.41, 5.74) is 5.31. The van der Waals surface area contributed by atoms with Crippen LogP contribution in [-0.4, -0.2) is 22.2 Å². The summed E-state index contributed by atoms with van der Waals surface area (Å²) in [4.78, 5) is 9.55. The van der Waals surface area contributed by atoms with Crippen LogP contribution < -0.4 is 5.73 Å². The van der Waals surface area contributed by atoms with E-state index >= 15 is 0 Å². The van der Waals surface area contributed by atoms with Gasteiger partial charge in [-0.1, -0.05) is 38.4 Å². The van der Waals surface area contributed by atoms with Gasteiger partial charge in [-0.15, -0.1) is 0 Å². The zero-order valence-corrected chi connectivity index (χ0v) is 9.83. The molecule has 0 aromatic heterocycles. The van der Waals surface area contributed by atoms with Gasteiger partial charge in [-0.2, -0.15) is 13.2 Å². The van der Waals surface area contributed by atoms with Crippen molar-refractivity contribution in [3.05, 3.63) is 0 Å². The van der Waals surface area contributed by atoms with Crippen molar-refractivity contribution < 1.29 is 23.1 Å². The van der Waals surface area contributed by atoms with Crippen LogP contribution >= 0.6 is 12.2 Å². The first-order valence-electron chi connectivity index (χ1n) is 4.80. The first kappa shape index (κ1) is 17.5. The van der Waals surface area contributed by atoms with Gasteiger partial charge in [0, 0.05) is 0 Å². The van der Waals surface area contributed by atoms with E-state index in [1.165, 1.54) is 25.7 Å². The summed E-state index contributed by atoms with van der Waals surface area (Å²) in [6.45, 7) is 2.20. The quantitative estimate of drug-likeness (QED) is 0.588. The van der Waals surface area contributed by atoms with Crippen molar-refractivity contribution in [3.8, 4) is 0 Å². The van der Waals surface area contributed by atoms with Crippen molar-refractivity contribution in [2.24, 2.45) is 5.73 Å². The Labute approximate surface area is 97.8 Å². The molecule has 0 rings (SSSR count). The number of halogens is 3. The van der Waals surface area contributed by atoms with Gasteiger partial charge in [-0.05, 0) is 12.8 Å². The molecular weight excluding hydrogens is 243 g/mol. The Balaban J connectivity index is 0. The summed E-state index contributed by atoms with van der Waals surface area (Å²) in [6, 6.07) is 0. The smallest absolute Gasteiger partial charge is 0.475 e. The molecule has 0 radical (unpaired) electrons. The second kappa shape index (κ2) is 9.38. The van der Waals surface area contributed by atoms with E-state index in [9.17, 15) is 13.2 Å². The lowest BCUT2D eigenvalue weighted by Crippen LogP contribution is -2.21. The van der Waals surface area contributed by atoms with Gasteiger partial charge < -0.3 is 10.8 Å². The van der Waals surface area contributed by atoms with Gasteiger partial charge >= 0.3 is 12.1 Å². The molecule has 0 heterocycles. The van der Waals surface area contributed by atoms with Crippen molar-refractivity contribution >= 4 is 23.2 Å². The number of hydrogen-bond acceptors (Lipinski definition) is 2. The molecule has 0 bridgehead atoms. The Hall–Kier alpha value is -0.850. The largest absolute Gasteiger partial charge is 0.490 e. The second-order valence-electron chi connectivity index (χ2n) is 3.08. The van der Waals surface area contributed by atoms with Crippen LogP contribution in [0.4, 0.5) is 13.2 Å². The molecule has 0 amide bonds. The maximum Gasteiger partial charge on any atom is 0.490 e. The molecule has 3 nitrogen and oxygen atoms in total. The number of thiocarbonyl (C=S) groups is 1. The third-order valence-electron chi connectivity index (χ3n) is 1.52. The van der Waals surface area contributed by atoms with Gasteiger partial charge in [0.2, 0.25) is 0 Å². The minimum absolute atomic E-state index is 0.658. The molecular formula is C9H16F3NO2S. The van der Waals surface area contributed by atoms with E-state index in [2.05, 4.69) is 6.92 Å². The molecule has 0 saturated carbocycles. The second-order valence-corrected chi connectivity index (χ2v) is 3.60. The topological polar surface area (TPSA) is 63.3 Å². The number of hydrogen-bond donors (Lipinski definition) is 2. The lowest BCUT2D eigenvalue weighted by atomic mass is 10.2. The number of aliphatic carboxylic acids is 1. The molecule has 0 aliphatic carbocycles. The van der Waals surface area contributed by atoms with Gasteiger partial charge in [-0.25, -0.2) is 4.79 Å². The fourth-order valence-electron chi connectivity index (χ4n) is 0.726. The summed E-state index contributed by atoms with van der Waals surface area (Å²) < 4.78 is 31.7. The number of carboxylic acids is 1. The summed E-state index contributed by atoms with van der Waals surface area (Å²) in [5, 5.41) is 7.12. The summed E-state index contributed by atoms with van der Waals surface area (Å²) in [7, 11) is 0. The summed E-state index contributed by atoms with van der Waals surface area (Å²) >= 11 is 4.72. The average molecular weight is 259 g/mol. The molecule has 7 heteroatoms. The first-order chi connectivity index (χ1) is 7.21. The van der Waals surface area contributed by atoms with Crippen LogP contribution in [0.5, 0.6) is 0 Å². The number of carbonyl (C=O) groups is 1. The van der Waals surface area contributed by atoms with Crippen molar-refractivity contribution in [1.82, 2.24) is 0 Å². The fraction of sp³-hybridized carbons (Fsp3) is 0.778. The average Bonchev–Trinajstić information content (AvgIpc) is 2.11. The molecule has 0 unspecified atom stereocenters. The van der Waals surface area contributed by atoms with Crippen LogP contribution in [0.25, 0.3) is 0 Å². The lowest BCUT2D eigenvalue weighted by molar-refractivity contribution is -0.192. The van der Waals surface area contributed by atoms with E-state index in [1.54, 1.807) is 0 Å². The maximum absolute atomic E-state index is 10.6. The zero-order valence-electron chi connectivity index (χ0n) is 9.01. The molecule has 0 aromatic carbocycles. The van der Waals surface area contributed by atoms with Crippen molar-refractivity contribution in [2.45, 2.75) is 45.2 Å². The molecule has 0 aromatic rings. The van der Waals surface area contributed by atoms with Gasteiger partial charge in [0.1, 0.15) is 0 Å². The van der Waals surface area contributed by atoms with Crippen LogP contribution in [0.2, 0.25) is 0 Å². The van der Waals surface area contributed by atoms with E-state index in [-0.39, 0.29) is 0 Å². The van der Waals surface area contributed by atoms with E-state index in [4.69, 9.17) is 27.9 Å². The highest BCUT2D eigenvalue weighted by Crippen LogP contribution is 2.13. The predicted molar refractivity (Wildman–Crippen MR) is 59.2 cm³/mol. The molecule has 96 valence electrons. The molecule has 0 saturated heterocycles. The maximum atomic E-state index is 10.6. The predicted octanol–water partition coefficient (Wildman–Crippen LogP) is 2.88. The van der Waals surface area contributed by atoms with Gasteiger partial charge in [0.05, 0.1) is 4.99 Å². The zero-order chi connectivity index (χ0) is 13.2. The minimum atomic E-state index is -5.08. The van der Waals surface area contributed by atoms with Crippen molar-refractivity contribution in [2.75, 3.05) is 0 Å². The van der Waals surface area contributed by atoms with Crippen LogP contribution in [0.15, 0.2) is 0 Å². The Morgan fingerprint density at radius 1 is 1.31 bits per heavy atom. The van der Waals surface area contributed by atoms with Gasteiger partial charge in [0.25, 0.3) is 0 Å². The Morgan fingerprint density at radius 3 is 2.00 bits per heavy atom. The summed E-state index contributed by atoms with van der Waals surface area (Å²) in [5.74, 6) is -2.76. The molecule has 0 aliphatic heterocycles. The molecule has 0 fully saturated rings. The normalized spacial score (nSPS) is 10.2. The Morgan fingerprint density at radius 2 is 1.75 bits per heavy atom. The van der Waals surface area contributed by atoms with Gasteiger partial charge in [-0.3, -0.25) is 0 Å². The SMILES string of the molecule is CCCCCCC(N)=S.O=C(O)C(F)(F)F. The number of carboxylic acid groups (broad SMARTS) is 1. The molecule has 16 heavy (non-hydrogen) atoms. The monoisotopic (exact) mass is 259 g/mol. The fourth-order valence-corrected chi connectivity index (χ4v) is 0.870. The lowest BCUT2D eigenvalue weighted by Gasteiger charge is -1.95. The summed E-state index contributed by atoms with van der Waals surface area (Å²) in [6.07, 6.45) is 0.867. The third-order valence-corrected chi connectivity index (χ3v) is 1.72. The molecule has 0 spiro atoms. The minimum Gasteiger partial charge on any atom is -0.475 e. The highest BCUT2D eigenvalue weighted by atomic mass is 32.1. The number of nitrogens with two attached hydrogens (primary N) is 1. The first-order valence-corrected chi connectivity index (χ1v) is 5.21. The van der Waals surface area contributed by atoms with Crippen LogP contribution in [0.1, 0.15) is 39.0 Å². The number of rotatable bonds is 5. The van der Waals surface area contributed by atoms with Crippen LogP contribution in [-0.2, 0) is 4.79 Å². The van der Waals surface area contributed by atoms with Gasteiger partial charge in [0.15, 0.2) is 0 Å². The van der Waals surface area contributed by atoms with Crippen LogP contribution in [0.3, 0.4) is 0 Å². The molecule has 0 atom stereocenters. The van der Waals surface area contributed by atoms with E-state index < -0.39 is 12.1 Å². The molecule has 0 aliphatic rings. The van der Waals surface area contributed by atoms with Crippen molar-refractivity contribution in [3.63, 3.8) is 0 Å². The Bertz CT molecular complexity index is 219. The van der Waals surface area contributed by atoms with Crippen LogP contribution in [0, 0.1) is 0 Å². The van der Waals surface area contributed by atoms with Crippen molar-refractivity contribution in [1.29, 1.82) is 0 Å². The highest BCUT2D eigenvalue weighted by molar-refractivity contribution is 7.80. The van der Waals surface area contributed by atoms with E-state index in [0.29, 0.717) is 4.99 Å². The standard InChI is InChI=1S/C7H15NS.C2HF3O2/c1-2-3-4-5-6-7(8)9;3-2(4,5)1(6)7/h2-6H2,1H3,(H2,8,9);(H,6,7).